The highest BCUT2D eigenvalue weighted by Crippen LogP contribution is 2.16. The summed E-state index contributed by atoms with van der Waals surface area (Å²) in [4.78, 5) is 3.72. The van der Waals surface area contributed by atoms with Crippen molar-refractivity contribution < 1.29 is 25.9 Å². The second-order valence-electron chi connectivity index (χ2n) is 4.98. The van der Waals surface area contributed by atoms with Crippen LogP contribution in [0, 0.1) is 0 Å². The molecule has 1 aliphatic heterocycles. The van der Waals surface area contributed by atoms with Gasteiger partial charge in [-0.2, -0.15) is 16.8 Å². The Morgan fingerprint density at radius 2 is 1.67 bits per heavy atom. The molecule has 11 heteroatoms. The first-order valence-electron chi connectivity index (χ1n) is 6.82. The number of benzene rings is 1. The summed E-state index contributed by atoms with van der Waals surface area (Å²) in [6, 6.07) is 7.42. The molecule has 0 bridgehead atoms. The third-order valence-corrected chi connectivity index (χ3v) is 5.35. The molecule has 24 heavy (non-hydrogen) atoms. The number of hydrogen-bond donors (Lipinski definition) is 3. The molecule has 8 nitrogen and oxygen atoms in total. The van der Waals surface area contributed by atoms with Gasteiger partial charge in [0.2, 0.25) is 0 Å². The second-order valence-corrected chi connectivity index (χ2v) is 8.43. The van der Waals surface area contributed by atoms with Gasteiger partial charge < -0.3 is 9.80 Å². The van der Waals surface area contributed by atoms with Crippen LogP contribution in [0.1, 0.15) is 6.42 Å². The molecule has 2 N–H and O–H groups in total. The highest BCUT2D eigenvalue weighted by atomic mass is 32.2. The number of thiol groups is 1. The first-order valence-corrected chi connectivity index (χ1v) is 10.4. The van der Waals surface area contributed by atoms with Crippen LogP contribution >= 0.6 is 12.6 Å². The minimum atomic E-state index is -4.00. The monoisotopic (exact) mass is 396 g/mol. The molecule has 0 amide bonds. The Kier molecular flexibility index (Phi) is 7.55. The smallest absolute Gasteiger partial charge is 0.294 e. The molecule has 2 rings (SSSR count). The number of nitrogens with zero attached hydrogens (tertiary/aromatic N) is 2. The Hall–Kier alpha value is -1.27. The molecule has 1 unspecified atom stereocenters. The SMILES string of the molecule is CN1C=CN(CCCS(=O)(=O)O)C1S.O=S(=O)(O)c1ccccc1. The van der Waals surface area contributed by atoms with E-state index in [4.69, 9.17) is 9.11 Å². The maximum Gasteiger partial charge on any atom is 0.294 e. The van der Waals surface area contributed by atoms with E-state index in [-0.39, 0.29) is 16.1 Å². The average molecular weight is 397 g/mol. The normalized spacial score (nSPS) is 17.6. The van der Waals surface area contributed by atoms with Crippen molar-refractivity contribution >= 4 is 32.9 Å². The average Bonchev–Trinajstić information content (AvgIpc) is 2.79. The van der Waals surface area contributed by atoms with E-state index in [9.17, 15) is 16.8 Å². The summed E-state index contributed by atoms with van der Waals surface area (Å²) in [5.41, 5.74) is -0.0450. The van der Waals surface area contributed by atoms with Crippen LogP contribution in [0.4, 0.5) is 0 Å². The zero-order valence-corrected chi connectivity index (χ0v) is 15.5. The van der Waals surface area contributed by atoms with Crippen LogP contribution in [-0.2, 0) is 20.2 Å². The van der Waals surface area contributed by atoms with Crippen LogP contribution in [-0.4, -0.2) is 60.6 Å². The lowest BCUT2D eigenvalue weighted by atomic mass is 10.4. The lowest BCUT2D eigenvalue weighted by molar-refractivity contribution is 0.264. The Morgan fingerprint density at radius 1 is 1.08 bits per heavy atom. The fourth-order valence-corrected chi connectivity index (χ4v) is 3.06. The second kappa shape index (κ2) is 8.72. The molecule has 1 aliphatic rings. The minimum Gasteiger partial charge on any atom is -0.351 e. The van der Waals surface area contributed by atoms with Gasteiger partial charge in [0.25, 0.3) is 20.2 Å². The molecule has 1 aromatic rings. The zero-order chi connectivity index (χ0) is 18.4. The van der Waals surface area contributed by atoms with E-state index in [1.807, 2.05) is 29.2 Å². The largest absolute Gasteiger partial charge is 0.351 e. The van der Waals surface area contributed by atoms with Crippen molar-refractivity contribution in [3.63, 3.8) is 0 Å². The van der Waals surface area contributed by atoms with Crippen molar-refractivity contribution in [2.45, 2.75) is 16.8 Å². The van der Waals surface area contributed by atoms with Gasteiger partial charge in [-0.05, 0) is 18.6 Å². The number of hydrogen-bond acceptors (Lipinski definition) is 7. The van der Waals surface area contributed by atoms with E-state index in [1.54, 1.807) is 18.2 Å². The Morgan fingerprint density at radius 3 is 2.04 bits per heavy atom. The highest BCUT2D eigenvalue weighted by Gasteiger charge is 2.19. The molecule has 0 spiro atoms. The Bertz CT molecular complexity index is 749. The minimum absolute atomic E-state index is 0.0450. The summed E-state index contributed by atoms with van der Waals surface area (Å²) in [5, 5.41) is 0. The molecule has 0 saturated heterocycles. The molecule has 0 fully saturated rings. The van der Waals surface area contributed by atoms with E-state index in [2.05, 4.69) is 12.6 Å². The predicted molar refractivity (Wildman–Crippen MR) is 93.7 cm³/mol. The zero-order valence-electron chi connectivity index (χ0n) is 12.9. The third kappa shape index (κ3) is 7.53. The van der Waals surface area contributed by atoms with Crippen LogP contribution in [0.2, 0.25) is 0 Å². The summed E-state index contributed by atoms with van der Waals surface area (Å²) in [6.45, 7) is 0.564. The van der Waals surface area contributed by atoms with E-state index in [0.29, 0.717) is 13.0 Å². The molecule has 136 valence electrons. The summed E-state index contributed by atoms with van der Waals surface area (Å²) in [7, 11) is -5.95. The van der Waals surface area contributed by atoms with Crippen molar-refractivity contribution in [1.29, 1.82) is 0 Å². The third-order valence-electron chi connectivity index (χ3n) is 3.01. The van der Waals surface area contributed by atoms with Crippen LogP contribution < -0.4 is 0 Å². The number of rotatable bonds is 5. The van der Waals surface area contributed by atoms with E-state index >= 15 is 0 Å². The van der Waals surface area contributed by atoms with Gasteiger partial charge >= 0.3 is 0 Å². The summed E-state index contributed by atoms with van der Waals surface area (Å²) >= 11 is 4.31. The first kappa shape index (κ1) is 20.8. The van der Waals surface area contributed by atoms with Gasteiger partial charge in [-0.1, -0.05) is 18.2 Å². The van der Waals surface area contributed by atoms with Crippen molar-refractivity contribution in [2.75, 3.05) is 19.3 Å². The Labute approximate surface area is 147 Å². The summed E-state index contributed by atoms with van der Waals surface area (Å²) in [5.74, 6) is -0.207. The first-order chi connectivity index (χ1) is 11.0. The van der Waals surface area contributed by atoms with Crippen molar-refractivity contribution in [3.05, 3.63) is 42.7 Å². The lowest BCUT2D eigenvalue weighted by Gasteiger charge is -2.25. The maximum atomic E-state index is 10.4. The van der Waals surface area contributed by atoms with Crippen LogP contribution in [0.5, 0.6) is 0 Å². The fraction of sp³-hybridized carbons (Fsp3) is 0.385. The highest BCUT2D eigenvalue weighted by molar-refractivity contribution is 7.86. The molecule has 0 radical (unpaired) electrons. The maximum absolute atomic E-state index is 10.4. The van der Waals surface area contributed by atoms with Crippen LogP contribution in [0.25, 0.3) is 0 Å². The molecule has 0 saturated carbocycles. The Balaban J connectivity index is 0.000000254. The van der Waals surface area contributed by atoms with E-state index in [0.717, 1.165) is 0 Å². The van der Waals surface area contributed by atoms with Gasteiger partial charge in [-0.25, -0.2) is 0 Å². The molecule has 1 heterocycles. The molecule has 1 atom stereocenters. The topological polar surface area (TPSA) is 115 Å². The van der Waals surface area contributed by atoms with Crippen LogP contribution in [0.15, 0.2) is 47.6 Å². The molecule has 1 aromatic carbocycles. The quantitative estimate of drug-likeness (QED) is 0.501. The van der Waals surface area contributed by atoms with Crippen molar-refractivity contribution in [3.8, 4) is 0 Å². The fourth-order valence-electron chi connectivity index (χ4n) is 1.79. The molecule has 0 aliphatic carbocycles. The molecular formula is C13H20N2O6S3. The van der Waals surface area contributed by atoms with Gasteiger partial charge in [0.15, 0.2) is 0 Å². The van der Waals surface area contributed by atoms with Gasteiger partial charge in [0, 0.05) is 26.0 Å². The predicted octanol–water partition coefficient (Wildman–Crippen LogP) is 1.13. The van der Waals surface area contributed by atoms with Gasteiger partial charge in [-0.15, -0.1) is 12.6 Å². The van der Waals surface area contributed by atoms with Crippen molar-refractivity contribution in [1.82, 2.24) is 9.80 Å². The molecule has 0 aromatic heterocycles. The summed E-state index contributed by atoms with van der Waals surface area (Å²) < 4.78 is 58.6. The van der Waals surface area contributed by atoms with Gasteiger partial charge in [0.1, 0.15) is 5.50 Å². The lowest BCUT2D eigenvalue weighted by Crippen LogP contribution is -2.32. The summed E-state index contributed by atoms with van der Waals surface area (Å²) in [6.07, 6.45) is 4.11. The van der Waals surface area contributed by atoms with Crippen LogP contribution in [0.3, 0.4) is 0 Å². The van der Waals surface area contributed by atoms with Crippen molar-refractivity contribution in [2.24, 2.45) is 0 Å². The van der Waals surface area contributed by atoms with E-state index in [1.165, 1.54) is 12.1 Å². The van der Waals surface area contributed by atoms with Gasteiger partial charge in [-0.3, -0.25) is 9.11 Å². The standard InChI is InChI=1S/C7H14N2O3S2.C6H6O3S/c1-8-4-5-9(7(8)13)3-2-6-14(10,11)12;7-10(8,9)6-4-2-1-3-5-6/h4-5,7,13H,2-3,6H2,1H3,(H,10,11,12);1-5H,(H,7,8,9). The molecular weight excluding hydrogens is 376 g/mol. The van der Waals surface area contributed by atoms with E-state index < -0.39 is 20.2 Å². The van der Waals surface area contributed by atoms with Gasteiger partial charge in [0.05, 0.1) is 10.6 Å².